The van der Waals surface area contributed by atoms with Gasteiger partial charge in [0.2, 0.25) is 5.91 Å². The molecule has 0 spiro atoms. The maximum atomic E-state index is 12.6. The number of ether oxygens (including phenoxy) is 1. The van der Waals surface area contributed by atoms with Crippen molar-refractivity contribution in [1.29, 1.82) is 0 Å². The van der Waals surface area contributed by atoms with E-state index in [1.54, 1.807) is 13.1 Å². The highest BCUT2D eigenvalue weighted by Crippen LogP contribution is 2.19. The Bertz CT molecular complexity index is 941. The first-order valence-electron chi connectivity index (χ1n) is 11.3. The molecular formula is C22H36N6O3Si. The first-order valence-corrected chi connectivity index (χ1v) is 15.1. The molecule has 3 rings (SSSR count). The van der Waals surface area contributed by atoms with Gasteiger partial charge in [0.25, 0.3) is 0 Å². The fourth-order valence-corrected chi connectivity index (χ4v) is 4.53. The average Bonchev–Trinajstić information content (AvgIpc) is 3.01. The van der Waals surface area contributed by atoms with Gasteiger partial charge in [0, 0.05) is 46.9 Å². The fraction of sp³-hybridized carbons (Fsp3) is 0.636. The van der Waals surface area contributed by atoms with Crippen LogP contribution in [-0.4, -0.2) is 65.2 Å². The maximum Gasteiger partial charge on any atom is 0.320 e. The molecule has 2 N–H and O–H groups in total. The maximum absolute atomic E-state index is 12.6. The summed E-state index contributed by atoms with van der Waals surface area (Å²) in [6.45, 7) is 13.3. The molecule has 176 valence electrons. The molecule has 2 atom stereocenters. The summed E-state index contributed by atoms with van der Waals surface area (Å²) in [5.74, 6) is 0.770. The minimum atomic E-state index is -1.11. The topological polar surface area (TPSA) is 101 Å². The molecule has 0 bridgehead atoms. The number of carbonyl (C=O) groups excluding carboxylic acids is 2. The van der Waals surface area contributed by atoms with Crippen LogP contribution in [0.25, 0.3) is 11.2 Å². The lowest BCUT2D eigenvalue weighted by Gasteiger charge is -2.22. The van der Waals surface area contributed by atoms with E-state index in [1.165, 1.54) is 0 Å². The van der Waals surface area contributed by atoms with Gasteiger partial charge in [-0.05, 0) is 30.9 Å². The van der Waals surface area contributed by atoms with Crippen molar-refractivity contribution in [3.63, 3.8) is 0 Å². The number of urea groups is 1. The second-order valence-corrected chi connectivity index (χ2v) is 15.5. The van der Waals surface area contributed by atoms with Crippen LogP contribution in [-0.2, 0) is 16.3 Å². The number of hydrogen-bond donors (Lipinski definition) is 2. The van der Waals surface area contributed by atoms with Crippen molar-refractivity contribution in [2.75, 3.05) is 25.0 Å². The third-order valence-electron chi connectivity index (χ3n) is 5.94. The van der Waals surface area contributed by atoms with Gasteiger partial charge in [0.1, 0.15) is 12.2 Å². The molecule has 2 aromatic heterocycles. The van der Waals surface area contributed by atoms with E-state index in [0.29, 0.717) is 24.6 Å². The molecule has 1 saturated heterocycles. The average molecular weight is 461 g/mol. The summed E-state index contributed by atoms with van der Waals surface area (Å²) in [7, 11) is -1.11. The van der Waals surface area contributed by atoms with Gasteiger partial charge in [-0.2, -0.15) is 0 Å². The standard InChI is InChI=1S/C22H36N6O3Si/c1-16-6-9-27(17(2)29)10-7-18(16)25-22(30)26-20-14-23-21-19(24-20)8-11-28(21)15-31-12-13-32(3,4)5/h8,11,14,16,18H,6-7,9-10,12-13,15H2,1-5H3,(H2,24,25,26,30)/t16-,18+/m0/s1. The van der Waals surface area contributed by atoms with E-state index in [9.17, 15) is 9.59 Å². The molecule has 0 saturated carbocycles. The number of nitrogens with zero attached hydrogens (tertiary/aromatic N) is 4. The molecule has 2 aromatic rings. The molecule has 1 fully saturated rings. The Kier molecular flexibility index (Phi) is 7.89. The first kappa shape index (κ1) is 24.2. The second-order valence-electron chi connectivity index (χ2n) is 9.86. The van der Waals surface area contributed by atoms with Gasteiger partial charge in [-0.15, -0.1) is 0 Å². The zero-order chi connectivity index (χ0) is 23.3. The van der Waals surface area contributed by atoms with Crippen molar-refractivity contribution >= 4 is 37.0 Å². The number of aromatic nitrogens is 3. The van der Waals surface area contributed by atoms with E-state index in [1.807, 2.05) is 21.7 Å². The molecule has 0 radical (unpaired) electrons. The van der Waals surface area contributed by atoms with Gasteiger partial charge in [0.05, 0.1) is 6.20 Å². The lowest BCUT2D eigenvalue weighted by atomic mass is 9.97. The number of nitrogens with one attached hydrogen (secondary N) is 2. The summed E-state index contributed by atoms with van der Waals surface area (Å²) >= 11 is 0. The lowest BCUT2D eigenvalue weighted by molar-refractivity contribution is -0.128. The molecule has 32 heavy (non-hydrogen) atoms. The number of fused-ring (bicyclic) bond motifs is 1. The van der Waals surface area contributed by atoms with Crippen LogP contribution < -0.4 is 10.6 Å². The van der Waals surface area contributed by atoms with Crippen LogP contribution in [0.15, 0.2) is 18.5 Å². The highest BCUT2D eigenvalue weighted by atomic mass is 28.3. The molecule has 3 heterocycles. The molecule has 9 nitrogen and oxygen atoms in total. The molecular weight excluding hydrogens is 424 g/mol. The van der Waals surface area contributed by atoms with Crippen molar-refractivity contribution in [3.8, 4) is 0 Å². The summed E-state index contributed by atoms with van der Waals surface area (Å²) in [5, 5.41) is 5.83. The van der Waals surface area contributed by atoms with E-state index < -0.39 is 8.07 Å². The summed E-state index contributed by atoms with van der Waals surface area (Å²) < 4.78 is 7.73. The predicted octanol–water partition coefficient (Wildman–Crippen LogP) is 3.51. The van der Waals surface area contributed by atoms with Gasteiger partial charge in [-0.25, -0.2) is 14.8 Å². The van der Waals surface area contributed by atoms with Gasteiger partial charge in [-0.1, -0.05) is 26.6 Å². The Hall–Kier alpha value is -2.46. The number of likely N-dealkylation sites (tertiary alicyclic amines) is 1. The molecule has 0 unspecified atom stereocenters. The van der Waals surface area contributed by atoms with Crippen molar-refractivity contribution < 1.29 is 14.3 Å². The summed E-state index contributed by atoms with van der Waals surface area (Å²) in [4.78, 5) is 35.0. The monoisotopic (exact) mass is 460 g/mol. The number of rotatable bonds is 7. The molecule has 3 amide bonds. The number of anilines is 1. The summed E-state index contributed by atoms with van der Waals surface area (Å²) in [5.41, 5.74) is 1.43. The van der Waals surface area contributed by atoms with Crippen LogP contribution in [0.5, 0.6) is 0 Å². The van der Waals surface area contributed by atoms with Gasteiger partial charge in [-0.3, -0.25) is 10.1 Å². The Labute approximate surface area is 190 Å². The van der Waals surface area contributed by atoms with Gasteiger partial charge >= 0.3 is 6.03 Å². The van der Waals surface area contributed by atoms with E-state index in [-0.39, 0.29) is 23.9 Å². The van der Waals surface area contributed by atoms with Crippen molar-refractivity contribution in [3.05, 3.63) is 18.5 Å². The fourth-order valence-electron chi connectivity index (χ4n) is 3.77. The quantitative estimate of drug-likeness (QED) is 0.486. The third-order valence-corrected chi connectivity index (χ3v) is 7.65. The zero-order valence-electron chi connectivity index (χ0n) is 19.9. The first-order chi connectivity index (χ1) is 15.1. The van der Waals surface area contributed by atoms with Crippen LogP contribution in [0, 0.1) is 5.92 Å². The molecule has 0 aliphatic carbocycles. The minimum Gasteiger partial charge on any atom is -0.361 e. The smallest absolute Gasteiger partial charge is 0.320 e. The Morgan fingerprint density at radius 2 is 2.00 bits per heavy atom. The SMILES string of the molecule is CC(=O)N1CC[C@H](C)[C@H](NC(=O)Nc2cnc3c(ccn3COCC[Si](C)(C)C)n2)CC1. The number of carbonyl (C=O) groups is 2. The third kappa shape index (κ3) is 6.77. The minimum absolute atomic E-state index is 0.00503. The van der Waals surface area contributed by atoms with Crippen molar-refractivity contribution in [2.45, 2.75) is 65.1 Å². The van der Waals surface area contributed by atoms with Crippen LogP contribution in [0.3, 0.4) is 0 Å². The second kappa shape index (κ2) is 10.4. The lowest BCUT2D eigenvalue weighted by Crippen LogP contribution is -2.42. The predicted molar refractivity (Wildman–Crippen MR) is 128 cm³/mol. The summed E-state index contributed by atoms with van der Waals surface area (Å²) in [6.07, 6.45) is 5.06. The zero-order valence-corrected chi connectivity index (χ0v) is 20.9. The van der Waals surface area contributed by atoms with Crippen LogP contribution in [0.4, 0.5) is 10.6 Å². The van der Waals surface area contributed by atoms with Gasteiger partial charge in [0.15, 0.2) is 11.5 Å². The van der Waals surface area contributed by atoms with Gasteiger partial charge < -0.3 is 19.5 Å². The normalized spacial score (nSPS) is 19.6. The Morgan fingerprint density at radius 3 is 2.72 bits per heavy atom. The molecule has 0 aromatic carbocycles. The van der Waals surface area contributed by atoms with E-state index in [2.05, 4.69) is 47.2 Å². The number of amides is 3. The molecule has 10 heteroatoms. The van der Waals surface area contributed by atoms with E-state index in [0.717, 1.165) is 37.7 Å². The Morgan fingerprint density at radius 1 is 1.25 bits per heavy atom. The van der Waals surface area contributed by atoms with Crippen LogP contribution >= 0.6 is 0 Å². The van der Waals surface area contributed by atoms with E-state index in [4.69, 9.17) is 4.74 Å². The number of hydrogen-bond acceptors (Lipinski definition) is 5. The largest absolute Gasteiger partial charge is 0.361 e. The van der Waals surface area contributed by atoms with Crippen LogP contribution in [0.2, 0.25) is 25.7 Å². The van der Waals surface area contributed by atoms with Crippen molar-refractivity contribution in [2.24, 2.45) is 5.92 Å². The molecule has 1 aliphatic rings. The molecule has 1 aliphatic heterocycles. The van der Waals surface area contributed by atoms with Crippen LogP contribution in [0.1, 0.15) is 26.7 Å². The highest BCUT2D eigenvalue weighted by molar-refractivity contribution is 6.76. The van der Waals surface area contributed by atoms with Crippen molar-refractivity contribution in [1.82, 2.24) is 24.8 Å². The van der Waals surface area contributed by atoms with E-state index >= 15 is 0 Å². The highest BCUT2D eigenvalue weighted by Gasteiger charge is 2.25. The Balaban J connectivity index is 1.54. The summed E-state index contributed by atoms with van der Waals surface area (Å²) in [6, 6.07) is 2.69.